The van der Waals surface area contributed by atoms with Crippen molar-refractivity contribution in [1.29, 1.82) is 0 Å². The summed E-state index contributed by atoms with van der Waals surface area (Å²) >= 11 is 6.28. The number of rotatable bonds is 5. The highest BCUT2D eigenvalue weighted by molar-refractivity contribution is 6.31. The molecule has 0 saturated carbocycles. The van der Waals surface area contributed by atoms with Crippen LogP contribution in [0.4, 0.5) is 4.79 Å². The van der Waals surface area contributed by atoms with Crippen LogP contribution in [0.3, 0.4) is 0 Å². The second kappa shape index (κ2) is 8.89. The lowest BCUT2D eigenvalue weighted by Gasteiger charge is -2.43. The number of hydrogen-bond donors (Lipinski definition) is 3. The largest absolute Gasteiger partial charge is 0.388 e. The van der Waals surface area contributed by atoms with Gasteiger partial charge in [-0.3, -0.25) is 5.10 Å². The van der Waals surface area contributed by atoms with Crippen LogP contribution in [-0.4, -0.2) is 39.3 Å². The number of likely N-dealkylation sites (tertiary alicyclic amines) is 1. The normalized spacial score (nSPS) is 16.5. The second-order valence-electron chi connectivity index (χ2n) is 8.96. The third-order valence-corrected chi connectivity index (χ3v) is 6.88. The summed E-state index contributed by atoms with van der Waals surface area (Å²) in [5.41, 5.74) is 2.30. The van der Waals surface area contributed by atoms with Gasteiger partial charge in [-0.2, -0.15) is 5.10 Å². The lowest BCUT2D eigenvalue weighted by atomic mass is 9.68. The van der Waals surface area contributed by atoms with E-state index in [9.17, 15) is 9.90 Å². The Bertz CT molecular complexity index is 1040. The minimum atomic E-state index is -0.697. The van der Waals surface area contributed by atoms with Crippen molar-refractivity contribution in [3.05, 3.63) is 64.8 Å². The van der Waals surface area contributed by atoms with Crippen molar-refractivity contribution >= 4 is 28.5 Å². The molecule has 1 aromatic heterocycles. The maximum absolute atomic E-state index is 12.6. The molecule has 7 heteroatoms. The zero-order chi connectivity index (χ0) is 22.0. The molecule has 3 N–H and O–H groups in total. The number of aliphatic hydroxyl groups is 1. The molecule has 4 rings (SSSR count). The molecular weight excluding hydrogens is 412 g/mol. The van der Waals surface area contributed by atoms with Crippen molar-refractivity contribution in [2.75, 3.05) is 13.1 Å². The van der Waals surface area contributed by atoms with E-state index in [1.165, 1.54) is 0 Å². The van der Waals surface area contributed by atoms with Crippen LogP contribution in [0.1, 0.15) is 43.9 Å². The Hall–Kier alpha value is -2.57. The van der Waals surface area contributed by atoms with E-state index in [-0.39, 0.29) is 17.4 Å². The average molecular weight is 441 g/mol. The van der Waals surface area contributed by atoms with E-state index >= 15 is 0 Å². The van der Waals surface area contributed by atoms with E-state index in [1.807, 2.05) is 47.4 Å². The van der Waals surface area contributed by atoms with Crippen molar-refractivity contribution in [3.63, 3.8) is 0 Å². The number of amides is 2. The van der Waals surface area contributed by atoms with Crippen LogP contribution < -0.4 is 5.32 Å². The lowest BCUT2D eigenvalue weighted by Crippen LogP contribution is -2.47. The second-order valence-corrected chi connectivity index (χ2v) is 9.40. The van der Waals surface area contributed by atoms with Gasteiger partial charge in [0.25, 0.3) is 0 Å². The Balaban J connectivity index is 1.39. The highest BCUT2D eigenvalue weighted by Gasteiger charge is 2.40. The lowest BCUT2D eigenvalue weighted by molar-refractivity contribution is -0.0143. The summed E-state index contributed by atoms with van der Waals surface area (Å²) in [7, 11) is 0. The van der Waals surface area contributed by atoms with Gasteiger partial charge in [0.1, 0.15) is 0 Å². The van der Waals surface area contributed by atoms with Crippen LogP contribution in [0, 0.1) is 11.3 Å². The van der Waals surface area contributed by atoms with Crippen LogP contribution in [0.15, 0.2) is 48.7 Å². The van der Waals surface area contributed by atoms with Gasteiger partial charge in [0.2, 0.25) is 0 Å². The fourth-order valence-electron chi connectivity index (χ4n) is 4.60. The maximum Gasteiger partial charge on any atom is 0.317 e. The number of carbonyl (C=O) groups excluding carboxylic acids is 1. The smallest absolute Gasteiger partial charge is 0.317 e. The van der Waals surface area contributed by atoms with E-state index in [0.717, 1.165) is 34.9 Å². The van der Waals surface area contributed by atoms with Crippen LogP contribution in [0.2, 0.25) is 5.02 Å². The van der Waals surface area contributed by atoms with Gasteiger partial charge in [-0.05, 0) is 41.9 Å². The van der Waals surface area contributed by atoms with Gasteiger partial charge in [-0.15, -0.1) is 0 Å². The number of aromatic amines is 1. The molecule has 1 aliphatic rings. The number of aliphatic hydroxyl groups excluding tert-OH is 1. The first kappa shape index (κ1) is 21.7. The molecule has 1 atom stereocenters. The first-order valence-corrected chi connectivity index (χ1v) is 11.1. The average Bonchev–Trinajstić information content (AvgIpc) is 3.25. The highest BCUT2D eigenvalue weighted by Crippen LogP contribution is 2.46. The molecule has 2 aromatic carbocycles. The van der Waals surface area contributed by atoms with E-state index in [4.69, 9.17) is 11.6 Å². The molecule has 3 aromatic rings. The van der Waals surface area contributed by atoms with Gasteiger partial charge in [0, 0.05) is 35.6 Å². The van der Waals surface area contributed by atoms with E-state index in [1.54, 1.807) is 6.20 Å². The summed E-state index contributed by atoms with van der Waals surface area (Å²) in [6, 6.07) is 13.5. The third kappa shape index (κ3) is 4.55. The summed E-state index contributed by atoms with van der Waals surface area (Å²) < 4.78 is 0. The van der Waals surface area contributed by atoms with E-state index < -0.39 is 6.10 Å². The van der Waals surface area contributed by atoms with Gasteiger partial charge >= 0.3 is 6.03 Å². The molecule has 0 unspecified atom stereocenters. The molecule has 0 aliphatic carbocycles. The summed E-state index contributed by atoms with van der Waals surface area (Å²) in [4.78, 5) is 14.4. The summed E-state index contributed by atoms with van der Waals surface area (Å²) in [6.45, 7) is 6.07. The van der Waals surface area contributed by atoms with Crippen molar-refractivity contribution in [2.45, 2.75) is 39.3 Å². The Morgan fingerprint density at radius 3 is 2.71 bits per heavy atom. The number of piperidine rings is 1. The van der Waals surface area contributed by atoms with Gasteiger partial charge in [-0.1, -0.05) is 55.8 Å². The zero-order valence-corrected chi connectivity index (χ0v) is 18.7. The van der Waals surface area contributed by atoms with Crippen molar-refractivity contribution in [1.82, 2.24) is 20.4 Å². The van der Waals surface area contributed by atoms with Gasteiger partial charge < -0.3 is 15.3 Å². The fourth-order valence-corrected chi connectivity index (χ4v) is 4.83. The van der Waals surface area contributed by atoms with Crippen molar-refractivity contribution < 1.29 is 9.90 Å². The topological polar surface area (TPSA) is 81.2 Å². The summed E-state index contributed by atoms with van der Waals surface area (Å²) in [5.74, 6) is 0.276. The molecule has 1 saturated heterocycles. The summed E-state index contributed by atoms with van der Waals surface area (Å²) in [6.07, 6.45) is 2.71. The molecule has 2 amide bonds. The van der Waals surface area contributed by atoms with Crippen LogP contribution >= 0.6 is 11.6 Å². The number of H-pyrrole nitrogens is 1. The molecule has 31 heavy (non-hydrogen) atoms. The molecule has 1 fully saturated rings. The molecule has 164 valence electrons. The van der Waals surface area contributed by atoms with Gasteiger partial charge in [-0.25, -0.2) is 4.79 Å². The Kier molecular flexibility index (Phi) is 6.21. The molecule has 2 heterocycles. The number of benzene rings is 2. The minimum Gasteiger partial charge on any atom is -0.388 e. The molecule has 0 radical (unpaired) electrons. The maximum atomic E-state index is 12.6. The molecule has 1 aliphatic heterocycles. The van der Waals surface area contributed by atoms with E-state index in [0.29, 0.717) is 24.7 Å². The number of fused-ring (bicyclic) bond motifs is 1. The SMILES string of the molecule is CC(C)(C1CCN(C(=O)NCc2ccccc2)CC1)[C@H](O)c1cc(Cl)cc2cn[nH]c12. The monoisotopic (exact) mass is 440 g/mol. The van der Waals surface area contributed by atoms with Crippen molar-refractivity contribution in [2.24, 2.45) is 11.3 Å². The molecule has 6 nitrogen and oxygen atoms in total. The number of halogens is 1. The summed E-state index contributed by atoms with van der Waals surface area (Å²) in [5, 5.41) is 22.9. The number of nitrogens with one attached hydrogen (secondary N) is 2. The predicted molar refractivity (Wildman–Crippen MR) is 123 cm³/mol. The number of hydrogen-bond acceptors (Lipinski definition) is 3. The quantitative estimate of drug-likeness (QED) is 0.527. The van der Waals surface area contributed by atoms with Crippen LogP contribution in [-0.2, 0) is 6.54 Å². The molecule has 0 bridgehead atoms. The van der Waals surface area contributed by atoms with Crippen LogP contribution in [0.25, 0.3) is 10.9 Å². The van der Waals surface area contributed by atoms with E-state index in [2.05, 4.69) is 29.4 Å². The van der Waals surface area contributed by atoms with Gasteiger partial charge in [0.15, 0.2) is 0 Å². The number of aromatic nitrogens is 2. The van der Waals surface area contributed by atoms with Crippen LogP contribution in [0.5, 0.6) is 0 Å². The number of carbonyl (C=O) groups is 1. The van der Waals surface area contributed by atoms with Crippen molar-refractivity contribution in [3.8, 4) is 0 Å². The number of nitrogens with zero attached hydrogens (tertiary/aromatic N) is 2. The fraction of sp³-hybridized carbons (Fsp3) is 0.417. The highest BCUT2D eigenvalue weighted by atomic mass is 35.5. The first-order chi connectivity index (χ1) is 14.9. The first-order valence-electron chi connectivity index (χ1n) is 10.7. The van der Waals surface area contributed by atoms with Gasteiger partial charge in [0.05, 0.1) is 17.8 Å². The Morgan fingerprint density at radius 1 is 1.29 bits per heavy atom. The third-order valence-electron chi connectivity index (χ3n) is 6.66. The minimum absolute atomic E-state index is 0.0327. The Morgan fingerprint density at radius 2 is 2.00 bits per heavy atom. The molecular formula is C24H29ClN4O2. The zero-order valence-electron chi connectivity index (χ0n) is 17.9. The molecule has 0 spiro atoms. The predicted octanol–water partition coefficient (Wildman–Crippen LogP) is 4.90. The Labute approximate surface area is 187 Å². The number of urea groups is 1. The standard InChI is InChI=1S/C24H29ClN4O2/c1-24(2,22(30)20-13-19(25)12-17-15-27-28-21(17)20)18-8-10-29(11-9-18)23(31)26-14-16-6-4-3-5-7-16/h3-7,12-13,15,18,22,30H,8-11,14H2,1-2H3,(H,26,31)(H,27,28)/t22-/m1/s1.